The van der Waals surface area contributed by atoms with Crippen molar-refractivity contribution in [2.24, 2.45) is 7.05 Å². The van der Waals surface area contributed by atoms with Gasteiger partial charge in [0.15, 0.2) is 0 Å². The second-order valence-corrected chi connectivity index (χ2v) is 4.37. The maximum Gasteiger partial charge on any atom is 0.102 e. The fourth-order valence-corrected chi connectivity index (χ4v) is 1.32. The first-order valence-electron chi connectivity index (χ1n) is 5.40. The van der Waals surface area contributed by atoms with Gasteiger partial charge in [-0.15, -0.1) is 0 Å². The minimum Gasteiger partial charge on any atom is -0.384 e. The Morgan fingerprint density at radius 3 is 2.80 bits per heavy atom. The molecule has 2 unspecified atom stereocenters. The van der Waals surface area contributed by atoms with E-state index in [0.717, 1.165) is 12.0 Å². The van der Waals surface area contributed by atoms with Crippen molar-refractivity contribution >= 4 is 0 Å². The lowest BCUT2D eigenvalue weighted by atomic mass is 9.99. The van der Waals surface area contributed by atoms with Crippen molar-refractivity contribution in [3.8, 4) is 0 Å². The van der Waals surface area contributed by atoms with Crippen LogP contribution in [0, 0.1) is 0 Å². The maximum absolute atomic E-state index is 10.2. The summed E-state index contributed by atoms with van der Waals surface area (Å²) in [7, 11) is 1.85. The van der Waals surface area contributed by atoms with Crippen LogP contribution in [0.3, 0.4) is 0 Å². The number of hydrogen-bond acceptors (Lipinski definition) is 3. The van der Waals surface area contributed by atoms with Crippen molar-refractivity contribution < 1.29 is 5.11 Å². The third-order valence-electron chi connectivity index (χ3n) is 2.73. The molecule has 2 atom stereocenters. The Hall–Kier alpha value is -0.870. The SMILES string of the molecule is CCC(C)NCC(C)(O)c1cnn(C)c1. The highest BCUT2D eigenvalue weighted by Crippen LogP contribution is 2.18. The standard InChI is InChI=1S/C11H21N3O/c1-5-9(2)12-8-11(3,15)10-6-13-14(4)7-10/h6-7,9,12,15H,5,8H2,1-4H3. The van der Waals surface area contributed by atoms with E-state index in [-0.39, 0.29) is 0 Å². The second-order valence-electron chi connectivity index (χ2n) is 4.37. The number of rotatable bonds is 5. The fraction of sp³-hybridized carbons (Fsp3) is 0.727. The van der Waals surface area contributed by atoms with E-state index in [1.54, 1.807) is 17.8 Å². The van der Waals surface area contributed by atoms with Gasteiger partial charge in [-0.3, -0.25) is 4.68 Å². The van der Waals surface area contributed by atoms with E-state index in [2.05, 4.69) is 24.3 Å². The van der Waals surface area contributed by atoms with Crippen LogP contribution in [0.4, 0.5) is 0 Å². The molecule has 1 rings (SSSR count). The number of aryl methyl sites for hydroxylation is 1. The van der Waals surface area contributed by atoms with Gasteiger partial charge in [0.25, 0.3) is 0 Å². The van der Waals surface area contributed by atoms with Crippen molar-refractivity contribution in [1.82, 2.24) is 15.1 Å². The van der Waals surface area contributed by atoms with Gasteiger partial charge in [0, 0.05) is 31.4 Å². The van der Waals surface area contributed by atoms with E-state index >= 15 is 0 Å². The lowest BCUT2D eigenvalue weighted by Gasteiger charge is -2.24. The number of hydrogen-bond donors (Lipinski definition) is 2. The summed E-state index contributed by atoms with van der Waals surface area (Å²) in [5, 5.41) is 17.6. The van der Waals surface area contributed by atoms with Gasteiger partial charge < -0.3 is 10.4 Å². The molecule has 15 heavy (non-hydrogen) atoms. The molecule has 0 radical (unpaired) electrons. The van der Waals surface area contributed by atoms with E-state index in [4.69, 9.17) is 0 Å². The van der Waals surface area contributed by atoms with Gasteiger partial charge in [0.05, 0.1) is 6.20 Å². The van der Waals surface area contributed by atoms with Crippen LogP contribution in [0.15, 0.2) is 12.4 Å². The Morgan fingerprint density at radius 2 is 2.33 bits per heavy atom. The van der Waals surface area contributed by atoms with E-state index in [1.807, 2.05) is 13.2 Å². The monoisotopic (exact) mass is 211 g/mol. The number of aromatic nitrogens is 2. The maximum atomic E-state index is 10.2. The van der Waals surface area contributed by atoms with Crippen molar-refractivity contribution in [2.45, 2.75) is 38.8 Å². The molecule has 0 aliphatic rings. The summed E-state index contributed by atoms with van der Waals surface area (Å²) >= 11 is 0. The molecule has 0 aliphatic heterocycles. The van der Waals surface area contributed by atoms with E-state index in [9.17, 15) is 5.11 Å². The lowest BCUT2D eigenvalue weighted by molar-refractivity contribution is 0.0542. The van der Waals surface area contributed by atoms with Crippen LogP contribution in [0.2, 0.25) is 0 Å². The zero-order chi connectivity index (χ0) is 11.5. The molecule has 86 valence electrons. The minimum absolute atomic E-state index is 0.424. The molecule has 0 aliphatic carbocycles. The van der Waals surface area contributed by atoms with Crippen LogP contribution >= 0.6 is 0 Å². The summed E-state index contributed by atoms with van der Waals surface area (Å²) in [5.41, 5.74) is -0.00155. The largest absolute Gasteiger partial charge is 0.384 e. The quantitative estimate of drug-likeness (QED) is 0.764. The molecule has 2 N–H and O–H groups in total. The van der Waals surface area contributed by atoms with Gasteiger partial charge in [0.1, 0.15) is 5.60 Å². The third-order valence-corrected chi connectivity index (χ3v) is 2.73. The van der Waals surface area contributed by atoms with E-state index in [1.165, 1.54) is 0 Å². The number of nitrogens with zero attached hydrogens (tertiary/aromatic N) is 2. The molecule has 0 amide bonds. The summed E-state index contributed by atoms with van der Waals surface area (Å²) in [5.74, 6) is 0. The molecular formula is C11H21N3O. The average Bonchev–Trinajstić information content (AvgIpc) is 2.62. The first-order valence-corrected chi connectivity index (χ1v) is 5.40. The van der Waals surface area contributed by atoms with E-state index < -0.39 is 5.60 Å². The third kappa shape index (κ3) is 3.32. The smallest absolute Gasteiger partial charge is 0.102 e. The van der Waals surface area contributed by atoms with Gasteiger partial charge in [-0.2, -0.15) is 5.10 Å². The van der Waals surface area contributed by atoms with Crippen molar-refractivity contribution in [2.75, 3.05) is 6.54 Å². The van der Waals surface area contributed by atoms with Crippen LogP contribution in [-0.4, -0.2) is 27.5 Å². The molecule has 0 saturated carbocycles. The molecular weight excluding hydrogens is 190 g/mol. The molecule has 0 bridgehead atoms. The van der Waals surface area contributed by atoms with Crippen molar-refractivity contribution in [1.29, 1.82) is 0 Å². The molecule has 0 aromatic carbocycles. The minimum atomic E-state index is -0.850. The van der Waals surface area contributed by atoms with Crippen LogP contribution < -0.4 is 5.32 Å². The Morgan fingerprint density at radius 1 is 1.67 bits per heavy atom. The molecule has 1 aromatic heterocycles. The second kappa shape index (κ2) is 4.77. The lowest BCUT2D eigenvalue weighted by Crippen LogP contribution is -2.39. The molecule has 1 heterocycles. The normalized spacial score (nSPS) is 17.4. The summed E-state index contributed by atoms with van der Waals surface area (Å²) in [4.78, 5) is 0. The summed E-state index contributed by atoms with van der Waals surface area (Å²) in [6.07, 6.45) is 4.61. The van der Waals surface area contributed by atoms with Crippen LogP contribution in [-0.2, 0) is 12.6 Å². The average molecular weight is 211 g/mol. The van der Waals surface area contributed by atoms with Crippen LogP contribution in [0.5, 0.6) is 0 Å². The van der Waals surface area contributed by atoms with Crippen LogP contribution in [0.1, 0.15) is 32.8 Å². The van der Waals surface area contributed by atoms with Gasteiger partial charge in [-0.05, 0) is 20.3 Å². The first-order chi connectivity index (χ1) is 6.95. The molecule has 0 saturated heterocycles. The molecule has 0 spiro atoms. The van der Waals surface area contributed by atoms with Crippen molar-refractivity contribution in [3.63, 3.8) is 0 Å². The molecule has 4 nitrogen and oxygen atoms in total. The highest BCUT2D eigenvalue weighted by atomic mass is 16.3. The Kier molecular flexibility index (Phi) is 3.88. The van der Waals surface area contributed by atoms with Gasteiger partial charge in [-0.1, -0.05) is 6.92 Å². The van der Waals surface area contributed by atoms with Gasteiger partial charge >= 0.3 is 0 Å². The molecule has 4 heteroatoms. The van der Waals surface area contributed by atoms with Gasteiger partial charge in [-0.25, -0.2) is 0 Å². The highest BCUT2D eigenvalue weighted by Gasteiger charge is 2.24. The predicted octanol–water partition coefficient (Wildman–Crippen LogP) is 1.02. The van der Waals surface area contributed by atoms with E-state index in [0.29, 0.717) is 12.6 Å². The van der Waals surface area contributed by atoms with Crippen LogP contribution in [0.25, 0.3) is 0 Å². The Bertz CT molecular complexity index is 307. The van der Waals surface area contributed by atoms with Gasteiger partial charge in [0.2, 0.25) is 0 Å². The summed E-state index contributed by atoms with van der Waals surface area (Å²) < 4.78 is 1.70. The number of aliphatic hydroxyl groups is 1. The topological polar surface area (TPSA) is 50.1 Å². The molecule has 1 aromatic rings. The first kappa shape index (κ1) is 12.2. The van der Waals surface area contributed by atoms with Crippen molar-refractivity contribution in [3.05, 3.63) is 18.0 Å². The number of nitrogens with one attached hydrogen (secondary N) is 1. The zero-order valence-electron chi connectivity index (χ0n) is 9.99. The fourth-order valence-electron chi connectivity index (χ4n) is 1.32. The summed E-state index contributed by atoms with van der Waals surface area (Å²) in [6.45, 7) is 6.59. The summed E-state index contributed by atoms with van der Waals surface area (Å²) in [6, 6.07) is 0.424. The predicted molar refractivity (Wildman–Crippen MR) is 60.5 cm³/mol. The Labute approximate surface area is 91.3 Å². The Balaban J connectivity index is 2.59. The zero-order valence-corrected chi connectivity index (χ0v) is 9.99. The molecule has 0 fully saturated rings. The highest BCUT2D eigenvalue weighted by molar-refractivity contribution is 5.14.